The van der Waals surface area contributed by atoms with Crippen LogP contribution in [0.25, 0.3) is 11.0 Å². The van der Waals surface area contributed by atoms with Crippen molar-refractivity contribution in [1.82, 2.24) is 9.97 Å². The number of H-pyrrole nitrogens is 1. The number of nitrogens with one attached hydrogen (secondary N) is 2. The fourth-order valence-electron chi connectivity index (χ4n) is 2.97. The maximum atomic E-state index is 12.1. The van der Waals surface area contributed by atoms with Gasteiger partial charge in [-0.3, -0.25) is 4.79 Å². The minimum absolute atomic E-state index is 0. The number of carbonyl (C=O) groups excluding carboxylic acids is 1. The third-order valence-corrected chi connectivity index (χ3v) is 4.93. The predicted molar refractivity (Wildman–Crippen MR) is 104 cm³/mol. The van der Waals surface area contributed by atoms with E-state index in [0.717, 1.165) is 46.4 Å². The lowest BCUT2D eigenvalue weighted by atomic mass is 10.1. The number of halogens is 2. The molecule has 0 aliphatic carbocycles. The number of anilines is 2. The lowest BCUT2D eigenvalue weighted by Crippen LogP contribution is -2.23. The Morgan fingerprint density at radius 3 is 2.96 bits per heavy atom. The highest BCUT2D eigenvalue weighted by atomic mass is 79.9. The first-order chi connectivity index (χ1) is 11.0. The van der Waals surface area contributed by atoms with Gasteiger partial charge in [0, 0.05) is 31.4 Å². The van der Waals surface area contributed by atoms with Crippen LogP contribution in [0.1, 0.15) is 20.3 Å². The van der Waals surface area contributed by atoms with Crippen LogP contribution < -0.4 is 16.0 Å². The highest BCUT2D eigenvalue weighted by Crippen LogP contribution is 2.39. The minimum atomic E-state index is -0.0723. The molecular weight excluding hydrogens is 394 g/mol. The molecule has 8 heteroatoms. The summed E-state index contributed by atoms with van der Waals surface area (Å²) in [5, 5.41) is 3.95. The summed E-state index contributed by atoms with van der Waals surface area (Å²) in [5.41, 5.74) is 8.45. The van der Waals surface area contributed by atoms with E-state index in [2.05, 4.69) is 36.1 Å². The largest absolute Gasteiger partial charge is 0.370 e. The summed E-state index contributed by atoms with van der Waals surface area (Å²) >= 11 is 3.62. The number of carbonyl (C=O) groups is 1. The predicted octanol–water partition coefficient (Wildman–Crippen LogP) is 3.13. The van der Waals surface area contributed by atoms with E-state index in [1.165, 1.54) is 0 Å². The van der Waals surface area contributed by atoms with Crippen LogP contribution in [0.4, 0.5) is 11.4 Å². The van der Waals surface area contributed by atoms with Crippen LogP contribution >= 0.6 is 28.3 Å². The number of aromatic nitrogens is 2. The first-order valence-electron chi connectivity index (χ1n) is 7.92. The smallest absolute Gasteiger partial charge is 0.226 e. The quantitative estimate of drug-likeness (QED) is 0.714. The highest BCUT2D eigenvalue weighted by Gasteiger charge is 2.26. The fourth-order valence-corrected chi connectivity index (χ4v) is 3.52. The number of hydrogen-bond donors (Lipinski definition) is 3. The standard InChI is InChI=1S/C16H22BrN5O.ClH/c1-9(2)16(23)21-12-7-20-15-13(12)14(11(17)6-19-15)22-4-3-10(5-18)8-22;/h6-7,9-10H,3-5,8,18H2,1-2H3,(H,19,20)(H,21,23);1H. The third kappa shape index (κ3) is 3.53. The zero-order chi connectivity index (χ0) is 16.6. The molecule has 0 spiro atoms. The first kappa shape index (κ1) is 19.0. The topological polar surface area (TPSA) is 87.0 Å². The summed E-state index contributed by atoms with van der Waals surface area (Å²) in [7, 11) is 0. The summed E-state index contributed by atoms with van der Waals surface area (Å²) < 4.78 is 0.933. The van der Waals surface area contributed by atoms with Crippen molar-refractivity contribution in [2.24, 2.45) is 17.6 Å². The molecule has 132 valence electrons. The van der Waals surface area contributed by atoms with E-state index in [9.17, 15) is 4.79 Å². The molecule has 4 N–H and O–H groups in total. The van der Waals surface area contributed by atoms with Crippen LogP contribution in [0.2, 0.25) is 0 Å². The van der Waals surface area contributed by atoms with E-state index >= 15 is 0 Å². The molecule has 6 nitrogen and oxygen atoms in total. The molecule has 1 unspecified atom stereocenters. The number of pyridine rings is 1. The molecule has 24 heavy (non-hydrogen) atoms. The Balaban J connectivity index is 0.00000208. The Labute approximate surface area is 156 Å². The van der Waals surface area contributed by atoms with Gasteiger partial charge in [-0.1, -0.05) is 13.8 Å². The maximum absolute atomic E-state index is 12.1. The van der Waals surface area contributed by atoms with E-state index in [1.54, 1.807) is 6.20 Å². The van der Waals surface area contributed by atoms with Gasteiger partial charge < -0.3 is 20.9 Å². The van der Waals surface area contributed by atoms with Crippen LogP contribution in [0.15, 0.2) is 16.9 Å². The zero-order valence-corrected chi connectivity index (χ0v) is 16.2. The molecule has 0 saturated carbocycles. The van der Waals surface area contributed by atoms with Crippen molar-refractivity contribution in [2.45, 2.75) is 20.3 Å². The van der Waals surface area contributed by atoms with Crippen LogP contribution in [0.3, 0.4) is 0 Å². The molecule has 2 aromatic rings. The Bertz CT molecular complexity index is 733. The normalized spacial score (nSPS) is 17.4. The molecule has 3 rings (SSSR count). The summed E-state index contributed by atoms with van der Waals surface area (Å²) in [6.45, 7) is 6.35. The van der Waals surface area contributed by atoms with Gasteiger partial charge in [-0.15, -0.1) is 12.4 Å². The van der Waals surface area contributed by atoms with Crippen molar-refractivity contribution in [2.75, 3.05) is 29.9 Å². The molecule has 1 saturated heterocycles. The molecular formula is C16H23BrClN5O. The molecule has 3 heterocycles. The molecule has 2 aromatic heterocycles. The minimum Gasteiger partial charge on any atom is -0.370 e. The number of hydrogen-bond acceptors (Lipinski definition) is 4. The Morgan fingerprint density at radius 1 is 1.58 bits per heavy atom. The lowest BCUT2D eigenvalue weighted by molar-refractivity contribution is -0.118. The Kier molecular flexibility index (Phi) is 6.11. The van der Waals surface area contributed by atoms with Gasteiger partial charge in [-0.2, -0.15) is 0 Å². The Hall–Kier alpha value is -1.31. The van der Waals surface area contributed by atoms with Crippen LogP contribution in [0, 0.1) is 11.8 Å². The van der Waals surface area contributed by atoms with Crippen molar-refractivity contribution in [3.63, 3.8) is 0 Å². The van der Waals surface area contributed by atoms with Crippen molar-refractivity contribution < 1.29 is 4.79 Å². The lowest BCUT2D eigenvalue weighted by Gasteiger charge is -2.22. The molecule has 1 atom stereocenters. The third-order valence-electron chi connectivity index (χ3n) is 4.35. The van der Waals surface area contributed by atoms with Gasteiger partial charge in [-0.25, -0.2) is 4.98 Å². The molecule has 1 aliphatic heterocycles. The maximum Gasteiger partial charge on any atom is 0.226 e. The molecule has 1 aliphatic rings. The summed E-state index contributed by atoms with van der Waals surface area (Å²) in [6.07, 6.45) is 4.70. The van der Waals surface area contributed by atoms with Crippen LogP contribution in [-0.2, 0) is 4.79 Å². The number of nitrogens with two attached hydrogens (primary N) is 1. The Morgan fingerprint density at radius 2 is 2.33 bits per heavy atom. The second-order valence-corrected chi connectivity index (χ2v) is 7.22. The molecule has 0 aromatic carbocycles. The molecule has 1 fully saturated rings. The fraction of sp³-hybridized carbons (Fsp3) is 0.500. The van der Waals surface area contributed by atoms with Crippen molar-refractivity contribution >= 4 is 56.7 Å². The van der Waals surface area contributed by atoms with Crippen LogP contribution in [-0.4, -0.2) is 35.5 Å². The number of amides is 1. The van der Waals surface area contributed by atoms with Crippen molar-refractivity contribution in [3.8, 4) is 0 Å². The highest BCUT2D eigenvalue weighted by molar-refractivity contribution is 9.10. The number of aromatic amines is 1. The molecule has 0 radical (unpaired) electrons. The van der Waals surface area contributed by atoms with Gasteiger partial charge in [0.2, 0.25) is 5.91 Å². The van der Waals surface area contributed by atoms with Gasteiger partial charge in [-0.05, 0) is 34.8 Å². The van der Waals surface area contributed by atoms with E-state index in [1.807, 2.05) is 20.0 Å². The zero-order valence-electron chi connectivity index (χ0n) is 13.8. The second-order valence-electron chi connectivity index (χ2n) is 6.36. The molecule has 0 bridgehead atoms. The molecule has 1 amide bonds. The van der Waals surface area contributed by atoms with Gasteiger partial charge in [0.05, 0.1) is 21.2 Å². The van der Waals surface area contributed by atoms with E-state index in [4.69, 9.17) is 5.73 Å². The van der Waals surface area contributed by atoms with E-state index in [0.29, 0.717) is 12.5 Å². The van der Waals surface area contributed by atoms with Crippen molar-refractivity contribution in [1.29, 1.82) is 0 Å². The second kappa shape index (κ2) is 7.72. The van der Waals surface area contributed by atoms with Crippen molar-refractivity contribution in [3.05, 3.63) is 16.9 Å². The number of rotatable bonds is 4. The van der Waals surface area contributed by atoms with E-state index < -0.39 is 0 Å². The van der Waals surface area contributed by atoms with Crippen LogP contribution in [0.5, 0.6) is 0 Å². The van der Waals surface area contributed by atoms with Gasteiger partial charge in [0.25, 0.3) is 0 Å². The summed E-state index contributed by atoms with van der Waals surface area (Å²) in [5.74, 6) is 0.438. The van der Waals surface area contributed by atoms with Gasteiger partial charge in [0.15, 0.2) is 0 Å². The number of nitrogens with zero attached hydrogens (tertiary/aromatic N) is 2. The monoisotopic (exact) mass is 415 g/mol. The van der Waals surface area contributed by atoms with Gasteiger partial charge >= 0.3 is 0 Å². The number of fused-ring (bicyclic) bond motifs is 1. The average Bonchev–Trinajstić information content (AvgIpc) is 3.14. The summed E-state index contributed by atoms with van der Waals surface area (Å²) in [6, 6.07) is 0. The first-order valence-corrected chi connectivity index (χ1v) is 8.72. The van der Waals surface area contributed by atoms with E-state index in [-0.39, 0.29) is 24.2 Å². The summed E-state index contributed by atoms with van der Waals surface area (Å²) in [4.78, 5) is 22.0. The average molecular weight is 417 g/mol. The van der Waals surface area contributed by atoms with Gasteiger partial charge in [0.1, 0.15) is 5.65 Å². The SMILES string of the molecule is CC(C)C(=O)Nc1c[nH]c2ncc(Br)c(N3CCC(CN)C3)c12.Cl.